The fraction of sp³-hybridized carbons (Fsp3) is 0.231. The minimum absolute atomic E-state index is 0.0726. The first kappa shape index (κ1) is 27.1. The highest BCUT2D eigenvalue weighted by Gasteiger charge is 2.30. The molecule has 0 bridgehead atoms. The van der Waals surface area contributed by atoms with Gasteiger partial charge >= 0.3 is 12.1 Å². The highest BCUT2D eigenvalue weighted by atomic mass is 32.2. The number of halogens is 3. The number of rotatable bonds is 11. The summed E-state index contributed by atoms with van der Waals surface area (Å²) in [6.45, 7) is 0.0726. The van der Waals surface area contributed by atoms with E-state index in [1.807, 2.05) is 42.5 Å². The van der Waals surface area contributed by atoms with Gasteiger partial charge in [0.2, 0.25) is 10.0 Å². The van der Waals surface area contributed by atoms with Gasteiger partial charge in [-0.15, -0.1) is 0 Å². The van der Waals surface area contributed by atoms with E-state index in [0.717, 1.165) is 46.5 Å². The zero-order chi connectivity index (χ0) is 26.2. The highest BCUT2D eigenvalue weighted by molar-refractivity contribution is 7.89. The van der Waals surface area contributed by atoms with Gasteiger partial charge in [-0.3, -0.25) is 9.78 Å². The number of carboxylic acids is 1. The van der Waals surface area contributed by atoms with Crippen LogP contribution in [0.15, 0.2) is 84.0 Å². The molecule has 0 unspecified atom stereocenters. The van der Waals surface area contributed by atoms with Crippen LogP contribution in [0.25, 0.3) is 5.57 Å². The number of allylic oxidation sites excluding steroid dienone is 1. The van der Waals surface area contributed by atoms with E-state index in [0.29, 0.717) is 19.3 Å². The predicted octanol–water partition coefficient (Wildman–Crippen LogP) is 5.31. The third kappa shape index (κ3) is 7.76. The van der Waals surface area contributed by atoms with Gasteiger partial charge in [-0.2, -0.15) is 13.2 Å². The van der Waals surface area contributed by atoms with Crippen molar-refractivity contribution < 1.29 is 31.5 Å². The zero-order valence-electron chi connectivity index (χ0n) is 19.2. The maximum atomic E-state index is 12.7. The van der Waals surface area contributed by atoms with Crippen molar-refractivity contribution >= 4 is 21.6 Å². The molecule has 1 heterocycles. The minimum atomic E-state index is -4.54. The molecule has 0 radical (unpaired) electrons. The van der Waals surface area contributed by atoms with Crippen LogP contribution in [0.4, 0.5) is 13.2 Å². The summed E-state index contributed by atoms with van der Waals surface area (Å²) in [6.07, 6.45) is 2.40. The molecule has 3 rings (SSSR count). The van der Waals surface area contributed by atoms with Crippen LogP contribution < -0.4 is 4.72 Å². The summed E-state index contributed by atoms with van der Waals surface area (Å²) in [5, 5.41) is 8.85. The first-order valence-electron chi connectivity index (χ1n) is 11.1. The molecule has 2 N–H and O–H groups in total. The Bertz CT molecular complexity index is 1290. The first-order valence-corrected chi connectivity index (χ1v) is 12.6. The maximum absolute atomic E-state index is 12.7. The van der Waals surface area contributed by atoms with Gasteiger partial charge in [0.1, 0.15) is 0 Å². The zero-order valence-corrected chi connectivity index (χ0v) is 20.0. The molecule has 0 saturated heterocycles. The molecule has 0 amide bonds. The van der Waals surface area contributed by atoms with Crippen molar-refractivity contribution in [1.29, 1.82) is 0 Å². The van der Waals surface area contributed by atoms with Crippen molar-refractivity contribution in [2.75, 3.05) is 6.54 Å². The van der Waals surface area contributed by atoms with Crippen molar-refractivity contribution in [2.45, 2.75) is 36.8 Å². The number of carbonyl (C=O) groups is 1. The van der Waals surface area contributed by atoms with Gasteiger partial charge in [0.05, 0.1) is 10.5 Å². The Balaban J connectivity index is 1.64. The van der Waals surface area contributed by atoms with E-state index >= 15 is 0 Å². The second kappa shape index (κ2) is 12.0. The molecule has 190 valence electrons. The number of sulfonamides is 1. The number of unbranched alkanes of at least 4 members (excludes halogenated alkanes) is 1. The van der Waals surface area contributed by atoms with E-state index in [-0.39, 0.29) is 17.9 Å². The number of aromatic nitrogens is 1. The van der Waals surface area contributed by atoms with E-state index in [2.05, 4.69) is 9.71 Å². The molecule has 3 aromatic rings. The van der Waals surface area contributed by atoms with Crippen LogP contribution in [0.2, 0.25) is 0 Å². The van der Waals surface area contributed by atoms with Gasteiger partial charge in [0.15, 0.2) is 0 Å². The number of nitrogens with one attached hydrogen (secondary N) is 1. The molecular formula is C26H25F3N2O4S. The SMILES string of the molecule is O=C(O)CCC/C=C(/c1ccc(CCNS(=O)(=O)c2ccc(C(F)(F)F)cc2)cc1)c1cccnc1. The topological polar surface area (TPSA) is 96.4 Å². The molecule has 36 heavy (non-hydrogen) atoms. The Labute approximate surface area is 207 Å². The summed E-state index contributed by atoms with van der Waals surface area (Å²) in [5.41, 5.74) is 2.67. The average molecular weight is 519 g/mol. The lowest BCUT2D eigenvalue weighted by Crippen LogP contribution is -2.26. The number of hydrogen-bond donors (Lipinski definition) is 2. The third-order valence-corrected chi connectivity index (χ3v) is 6.86. The quantitative estimate of drug-likeness (QED) is 0.336. The molecule has 0 spiro atoms. The van der Waals surface area contributed by atoms with Crippen LogP contribution in [0.1, 0.15) is 41.5 Å². The average Bonchev–Trinajstić information content (AvgIpc) is 2.84. The maximum Gasteiger partial charge on any atom is 0.416 e. The van der Waals surface area contributed by atoms with Crippen LogP contribution in [0.5, 0.6) is 0 Å². The minimum Gasteiger partial charge on any atom is -0.481 e. The van der Waals surface area contributed by atoms with Crippen molar-refractivity contribution in [2.24, 2.45) is 0 Å². The van der Waals surface area contributed by atoms with Gasteiger partial charge in [-0.05, 0) is 66.3 Å². The summed E-state index contributed by atoms with van der Waals surface area (Å²) < 4.78 is 65.3. The van der Waals surface area contributed by atoms with E-state index in [1.165, 1.54) is 0 Å². The normalized spacial score (nSPS) is 12.5. The second-order valence-electron chi connectivity index (χ2n) is 8.01. The van der Waals surface area contributed by atoms with Crippen LogP contribution in [0, 0.1) is 0 Å². The number of benzene rings is 2. The van der Waals surface area contributed by atoms with Gasteiger partial charge in [0, 0.05) is 30.9 Å². The molecule has 1 aromatic heterocycles. The number of pyridine rings is 1. The molecule has 6 nitrogen and oxygen atoms in total. The Hall–Kier alpha value is -3.50. The van der Waals surface area contributed by atoms with Crippen molar-refractivity contribution in [1.82, 2.24) is 9.71 Å². The highest BCUT2D eigenvalue weighted by Crippen LogP contribution is 2.29. The largest absolute Gasteiger partial charge is 0.481 e. The van der Waals surface area contributed by atoms with Crippen molar-refractivity contribution in [3.63, 3.8) is 0 Å². The lowest BCUT2D eigenvalue weighted by atomic mass is 9.96. The molecule has 0 fully saturated rings. The summed E-state index contributed by atoms with van der Waals surface area (Å²) in [6, 6.07) is 14.6. The lowest BCUT2D eigenvalue weighted by molar-refractivity contribution is -0.138. The third-order valence-electron chi connectivity index (χ3n) is 5.38. The molecule has 0 atom stereocenters. The van der Waals surface area contributed by atoms with Gasteiger partial charge in [-0.25, -0.2) is 13.1 Å². The van der Waals surface area contributed by atoms with E-state index in [9.17, 15) is 26.4 Å². The molecule has 2 aromatic carbocycles. The summed E-state index contributed by atoms with van der Waals surface area (Å²) in [7, 11) is -3.94. The fourth-order valence-corrected chi connectivity index (χ4v) is 4.54. The van der Waals surface area contributed by atoms with Gasteiger partial charge in [-0.1, -0.05) is 36.4 Å². The summed E-state index contributed by atoms with van der Waals surface area (Å²) in [5.74, 6) is -0.843. The van der Waals surface area contributed by atoms with Crippen LogP contribution in [0.3, 0.4) is 0 Å². The predicted molar refractivity (Wildman–Crippen MR) is 130 cm³/mol. The Morgan fingerprint density at radius 2 is 1.69 bits per heavy atom. The monoisotopic (exact) mass is 518 g/mol. The molecule has 0 aliphatic heterocycles. The lowest BCUT2D eigenvalue weighted by Gasteiger charge is -2.11. The Morgan fingerprint density at radius 1 is 1.00 bits per heavy atom. The molecular weight excluding hydrogens is 493 g/mol. The Morgan fingerprint density at radius 3 is 2.28 bits per heavy atom. The molecule has 0 aliphatic carbocycles. The Kier molecular flexibility index (Phi) is 9.00. The standard InChI is InChI=1S/C26H25F3N2O4S/c27-26(28,29)22-11-13-23(14-12-22)36(34,35)31-17-15-19-7-9-20(10-8-19)24(5-1-2-6-25(32)33)21-4-3-16-30-18-21/h3-5,7-14,16,18,31H,1-2,6,15,17H2,(H,32,33)/b24-5-. The molecule has 0 saturated carbocycles. The first-order chi connectivity index (χ1) is 17.1. The van der Waals surface area contributed by atoms with E-state index in [4.69, 9.17) is 5.11 Å². The van der Waals surface area contributed by atoms with Crippen LogP contribution in [-0.2, 0) is 27.4 Å². The number of carboxylic acid groups (broad SMARTS) is 1. The van der Waals surface area contributed by atoms with Crippen LogP contribution >= 0.6 is 0 Å². The van der Waals surface area contributed by atoms with Crippen molar-refractivity contribution in [3.8, 4) is 0 Å². The van der Waals surface area contributed by atoms with Gasteiger partial charge < -0.3 is 5.11 Å². The fourth-order valence-electron chi connectivity index (χ4n) is 3.51. The molecule has 0 aliphatic rings. The number of hydrogen-bond acceptors (Lipinski definition) is 4. The number of alkyl halides is 3. The molecule has 10 heteroatoms. The van der Waals surface area contributed by atoms with Crippen molar-refractivity contribution in [3.05, 3.63) is 101 Å². The van der Waals surface area contributed by atoms with Crippen LogP contribution in [-0.4, -0.2) is 31.0 Å². The summed E-state index contributed by atoms with van der Waals surface area (Å²) in [4.78, 5) is 14.7. The summed E-state index contributed by atoms with van der Waals surface area (Å²) >= 11 is 0. The smallest absolute Gasteiger partial charge is 0.416 e. The van der Waals surface area contributed by atoms with E-state index < -0.39 is 27.7 Å². The van der Waals surface area contributed by atoms with E-state index in [1.54, 1.807) is 12.4 Å². The second-order valence-corrected chi connectivity index (χ2v) is 9.78. The number of nitrogens with zero attached hydrogens (tertiary/aromatic N) is 1. The van der Waals surface area contributed by atoms with Gasteiger partial charge in [0.25, 0.3) is 0 Å². The number of aliphatic carboxylic acids is 1.